The van der Waals surface area contributed by atoms with Crippen LogP contribution < -0.4 is 0 Å². The number of pyridine rings is 1. The van der Waals surface area contributed by atoms with Gasteiger partial charge in [0.25, 0.3) is 5.69 Å². The lowest BCUT2D eigenvalue weighted by molar-refractivity contribution is -0.384. The number of nitrogens with zero attached hydrogens (tertiary/aromatic N) is 2. The van der Waals surface area contributed by atoms with Gasteiger partial charge in [-0.2, -0.15) is 0 Å². The van der Waals surface area contributed by atoms with Gasteiger partial charge in [0.15, 0.2) is 0 Å². The molecule has 0 aliphatic carbocycles. The maximum atomic E-state index is 11.1. The van der Waals surface area contributed by atoms with Gasteiger partial charge in [-0.3, -0.25) is 15.1 Å². The highest BCUT2D eigenvalue weighted by Gasteiger charge is 2.12. The smallest absolute Gasteiger partial charge is 0.270 e. The van der Waals surface area contributed by atoms with Crippen molar-refractivity contribution in [2.24, 2.45) is 0 Å². The van der Waals surface area contributed by atoms with Crippen molar-refractivity contribution in [3.8, 4) is 11.1 Å². The van der Waals surface area contributed by atoms with Crippen molar-refractivity contribution < 1.29 is 9.34 Å². The summed E-state index contributed by atoms with van der Waals surface area (Å²) >= 11 is 0. The molecule has 0 N–H and O–H groups in total. The Bertz CT molecular complexity index is 1110. The molecule has 26 heavy (non-hydrogen) atoms. The van der Waals surface area contributed by atoms with Crippen LogP contribution in [0.2, 0.25) is 0 Å². The second-order valence-electron chi connectivity index (χ2n) is 5.83. The summed E-state index contributed by atoms with van der Waals surface area (Å²) in [6, 6.07) is 16.3. The molecule has 0 aliphatic rings. The van der Waals surface area contributed by atoms with Crippen LogP contribution in [0, 0.1) is 10.1 Å². The van der Waals surface area contributed by atoms with Crippen molar-refractivity contribution in [2.45, 2.75) is 0 Å². The van der Waals surface area contributed by atoms with E-state index in [1.54, 1.807) is 30.8 Å². The van der Waals surface area contributed by atoms with Gasteiger partial charge in [0, 0.05) is 35.5 Å². The van der Waals surface area contributed by atoms with Gasteiger partial charge >= 0.3 is 0 Å². The van der Waals surface area contributed by atoms with Gasteiger partial charge in [-0.1, -0.05) is 24.3 Å². The molecule has 2 aromatic carbocycles. The fraction of sp³-hybridized carbons (Fsp3) is 0. The Labute approximate surface area is 149 Å². The van der Waals surface area contributed by atoms with E-state index in [0.29, 0.717) is 5.58 Å². The molecule has 0 radical (unpaired) electrons. The van der Waals surface area contributed by atoms with Crippen LogP contribution in [0.15, 0.2) is 77.7 Å². The van der Waals surface area contributed by atoms with E-state index < -0.39 is 4.92 Å². The average Bonchev–Trinajstić information content (AvgIpc) is 3.15. The second kappa shape index (κ2) is 6.64. The third kappa shape index (κ3) is 3.10. The first-order chi connectivity index (χ1) is 12.7. The largest absolute Gasteiger partial charge is 0.464 e. The van der Waals surface area contributed by atoms with E-state index in [4.69, 9.17) is 4.42 Å². The van der Waals surface area contributed by atoms with Gasteiger partial charge in [-0.05, 0) is 47.0 Å². The van der Waals surface area contributed by atoms with E-state index in [9.17, 15) is 10.1 Å². The van der Waals surface area contributed by atoms with Gasteiger partial charge in [-0.25, -0.2) is 0 Å². The summed E-state index contributed by atoms with van der Waals surface area (Å²) in [5.74, 6) is 0. The van der Waals surface area contributed by atoms with E-state index in [1.165, 1.54) is 6.07 Å². The third-order valence-electron chi connectivity index (χ3n) is 4.12. The Kier molecular flexibility index (Phi) is 4.03. The van der Waals surface area contributed by atoms with E-state index >= 15 is 0 Å². The zero-order chi connectivity index (χ0) is 17.9. The molecule has 4 rings (SSSR count). The highest BCUT2D eigenvalue weighted by atomic mass is 16.6. The zero-order valence-electron chi connectivity index (χ0n) is 13.7. The van der Waals surface area contributed by atoms with Crippen LogP contribution in [0.25, 0.3) is 34.2 Å². The number of furan rings is 1. The molecule has 0 bridgehead atoms. The van der Waals surface area contributed by atoms with Gasteiger partial charge in [0.1, 0.15) is 5.58 Å². The molecule has 0 amide bonds. The lowest BCUT2D eigenvalue weighted by atomic mass is 9.99. The molecule has 4 aromatic rings. The molecular weight excluding hydrogens is 328 g/mol. The summed E-state index contributed by atoms with van der Waals surface area (Å²) in [7, 11) is 0. The van der Waals surface area contributed by atoms with Crippen molar-refractivity contribution in [3.05, 3.63) is 94.5 Å². The number of non-ortho nitro benzene ring substituents is 1. The monoisotopic (exact) mass is 342 g/mol. The maximum Gasteiger partial charge on any atom is 0.270 e. The lowest BCUT2D eigenvalue weighted by Gasteiger charge is -2.05. The number of hydrogen-bond donors (Lipinski definition) is 0. The normalized spacial score (nSPS) is 11.2. The Morgan fingerprint density at radius 1 is 0.962 bits per heavy atom. The van der Waals surface area contributed by atoms with Crippen LogP contribution in [-0.2, 0) is 0 Å². The SMILES string of the molecule is O=[N+]([O-])c1cccc(-c2cc(/C=C/c3ccncc3)cc3ccoc23)c1. The number of rotatable bonds is 4. The number of hydrogen-bond acceptors (Lipinski definition) is 4. The van der Waals surface area contributed by atoms with Crippen LogP contribution in [0.3, 0.4) is 0 Å². The fourth-order valence-electron chi connectivity index (χ4n) is 2.87. The van der Waals surface area contributed by atoms with Crippen molar-refractivity contribution >= 4 is 28.8 Å². The van der Waals surface area contributed by atoms with Crippen molar-refractivity contribution in [1.82, 2.24) is 4.98 Å². The number of aromatic nitrogens is 1. The average molecular weight is 342 g/mol. The van der Waals surface area contributed by atoms with Gasteiger partial charge in [0.2, 0.25) is 0 Å². The van der Waals surface area contributed by atoms with Gasteiger partial charge in [-0.15, -0.1) is 0 Å². The van der Waals surface area contributed by atoms with E-state index in [0.717, 1.165) is 27.6 Å². The van der Waals surface area contributed by atoms with Crippen LogP contribution in [0.1, 0.15) is 11.1 Å². The summed E-state index contributed by atoms with van der Waals surface area (Å²) in [6.45, 7) is 0. The first-order valence-electron chi connectivity index (χ1n) is 8.05. The molecule has 126 valence electrons. The summed E-state index contributed by atoms with van der Waals surface area (Å²) in [5, 5.41) is 12.0. The predicted octanol–water partition coefficient (Wildman–Crippen LogP) is 5.57. The molecule has 0 fully saturated rings. The molecular formula is C21H14N2O3. The van der Waals surface area contributed by atoms with Crippen molar-refractivity contribution in [1.29, 1.82) is 0 Å². The first-order valence-corrected chi connectivity index (χ1v) is 8.05. The lowest BCUT2D eigenvalue weighted by Crippen LogP contribution is -1.88. The van der Waals surface area contributed by atoms with Gasteiger partial charge in [0.05, 0.1) is 11.2 Å². The molecule has 2 aromatic heterocycles. The van der Waals surface area contributed by atoms with Crippen molar-refractivity contribution in [3.63, 3.8) is 0 Å². The molecule has 5 heteroatoms. The number of benzene rings is 2. The number of nitro groups is 1. The van der Waals surface area contributed by atoms with Crippen LogP contribution in [-0.4, -0.2) is 9.91 Å². The molecule has 0 unspecified atom stereocenters. The van der Waals surface area contributed by atoms with E-state index in [-0.39, 0.29) is 5.69 Å². The predicted molar refractivity (Wildman–Crippen MR) is 101 cm³/mol. The topological polar surface area (TPSA) is 69.2 Å². The van der Waals surface area contributed by atoms with Crippen LogP contribution >= 0.6 is 0 Å². The Hall–Kier alpha value is -3.73. The summed E-state index contributed by atoms with van der Waals surface area (Å²) < 4.78 is 5.62. The molecule has 5 nitrogen and oxygen atoms in total. The summed E-state index contributed by atoms with van der Waals surface area (Å²) in [5.41, 5.74) is 4.37. The Morgan fingerprint density at radius 3 is 2.58 bits per heavy atom. The van der Waals surface area contributed by atoms with Gasteiger partial charge < -0.3 is 4.42 Å². The van der Waals surface area contributed by atoms with E-state index in [2.05, 4.69) is 4.98 Å². The molecule has 0 aliphatic heterocycles. The van der Waals surface area contributed by atoms with E-state index in [1.807, 2.05) is 48.6 Å². The number of fused-ring (bicyclic) bond motifs is 1. The van der Waals surface area contributed by atoms with Crippen LogP contribution in [0.5, 0.6) is 0 Å². The Balaban J connectivity index is 1.82. The zero-order valence-corrected chi connectivity index (χ0v) is 13.7. The fourth-order valence-corrected chi connectivity index (χ4v) is 2.87. The van der Waals surface area contributed by atoms with Crippen molar-refractivity contribution in [2.75, 3.05) is 0 Å². The molecule has 0 spiro atoms. The maximum absolute atomic E-state index is 11.1. The second-order valence-corrected chi connectivity index (χ2v) is 5.83. The van der Waals surface area contributed by atoms with Crippen LogP contribution in [0.4, 0.5) is 5.69 Å². The summed E-state index contributed by atoms with van der Waals surface area (Å²) in [4.78, 5) is 14.7. The molecule has 0 saturated carbocycles. The quantitative estimate of drug-likeness (QED) is 0.359. The Morgan fingerprint density at radius 2 is 1.77 bits per heavy atom. The standard InChI is InChI=1S/C21H14N2O3/c24-23(25)19-3-1-2-17(14-19)20-13-16(12-18-8-11-26-21(18)20)5-4-15-6-9-22-10-7-15/h1-14H/b5-4+. The minimum Gasteiger partial charge on any atom is -0.464 e. The molecule has 2 heterocycles. The molecule has 0 atom stereocenters. The third-order valence-corrected chi connectivity index (χ3v) is 4.12. The highest BCUT2D eigenvalue weighted by molar-refractivity contribution is 5.95. The number of nitro benzene ring substituents is 1. The minimum absolute atomic E-state index is 0.0555. The highest BCUT2D eigenvalue weighted by Crippen LogP contribution is 2.33. The summed E-state index contributed by atoms with van der Waals surface area (Å²) in [6.07, 6.45) is 9.12. The minimum atomic E-state index is -0.393. The molecule has 0 saturated heterocycles. The first kappa shape index (κ1) is 15.8.